The first-order valence-electron chi connectivity index (χ1n) is 10.6. The first-order chi connectivity index (χ1) is 16.3. The summed E-state index contributed by atoms with van der Waals surface area (Å²) in [5.41, 5.74) is 4.35. The first-order valence-corrected chi connectivity index (χ1v) is 11.0. The molecule has 8 heteroatoms. The standard InChI is InChI=1S/C26H23ClN4O3/c1-30(2)16-19(27)14-17-8-10-20(11-9-17)28-25(18-6-4-3-5-7-18)24-22-15-21(31(33)34)12-13-23(22)29-26(24)32/h3-15,28H,16H2,1-2H3,(H,29,32)/b19-14-,25-24-. The zero-order valence-electron chi connectivity index (χ0n) is 18.7. The van der Waals surface area contributed by atoms with Crippen molar-refractivity contribution in [2.45, 2.75) is 0 Å². The van der Waals surface area contributed by atoms with Crippen LogP contribution in [0.15, 0.2) is 77.8 Å². The molecule has 172 valence electrons. The van der Waals surface area contributed by atoms with Gasteiger partial charge in [0.25, 0.3) is 11.6 Å². The number of rotatable bonds is 7. The molecule has 34 heavy (non-hydrogen) atoms. The number of nitro benzene ring substituents is 1. The third-order valence-electron chi connectivity index (χ3n) is 5.24. The lowest BCUT2D eigenvalue weighted by atomic mass is 9.99. The Bertz CT molecular complexity index is 1300. The molecule has 0 atom stereocenters. The number of benzene rings is 3. The molecule has 1 aliphatic heterocycles. The Morgan fingerprint density at radius 3 is 2.44 bits per heavy atom. The number of nitrogens with zero attached hydrogens (tertiary/aromatic N) is 2. The molecule has 1 aliphatic rings. The molecule has 1 amide bonds. The van der Waals surface area contributed by atoms with Gasteiger partial charge >= 0.3 is 0 Å². The van der Waals surface area contributed by atoms with Crippen LogP contribution in [-0.2, 0) is 4.79 Å². The Kier molecular flexibility index (Phi) is 6.77. The molecule has 2 N–H and O–H groups in total. The monoisotopic (exact) mass is 474 g/mol. The van der Waals surface area contributed by atoms with Crippen molar-refractivity contribution in [2.24, 2.45) is 0 Å². The molecule has 0 saturated heterocycles. The van der Waals surface area contributed by atoms with Crippen molar-refractivity contribution in [2.75, 3.05) is 31.3 Å². The molecular weight excluding hydrogens is 452 g/mol. The quantitative estimate of drug-likeness (QED) is 0.262. The van der Waals surface area contributed by atoms with E-state index in [1.54, 1.807) is 6.07 Å². The Hall–Kier alpha value is -3.94. The maximum atomic E-state index is 13.0. The Balaban J connectivity index is 1.75. The molecule has 0 bridgehead atoms. The van der Waals surface area contributed by atoms with E-state index in [1.807, 2.05) is 79.7 Å². The summed E-state index contributed by atoms with van der Waals surface area (Å²) in [5.74, 6) is -0.322. The average molecular weight is 475 g/mol. The van der Waals surface area contributed by atoms with Gasteiger partial charge in [0, 0.05) is 40.6 Å². The van der Waals surface area contributed by atoms with Crippen LogP contribution in [0.3, 0.4) is 0 Å². The molecule has 0 aliphatic carbocycles. The Morgan fingerprint density at radius 1 is 1.09 bits per heavy atom. The van der Waals surface area contributed by atoms with Crippen LogP contribution < -0.4 is 10.6 Å². The van der Waals surface area contributed by atoms with E-state index in [0.717, 1.165) is 21.8 Å². The zero-order valence-corrected chi connectivity index (χ0v) is 19.5. The number of non-ortho nitro benzene ring substituents is 1. The summed E-state index contributed by atoms with van der Waals surface area (Å²) >= 11 is 6.30. The van der Waals surface area contributed by atoms with Gasteiger partial charge in [-0.1, -0.05) is 54.1 Å². The van der Waals surface area contributed by atoms with Crippen LogP contribution >= 0.6 is 11.6 Å². The smallest absolute Gasteiger partial charge is 0.270 e. The van der Waals surface area contributed by atoms with E-state index < -0.39 is 4.92 Å². The number of nitro groups is 1. The van der Waals surface area contributed by atoms with E-state index in [9.17, 15) is 14.9 Å². The van der Waals surface area contributed by atoms with Gasteiger partial charge in [-0.25, -0.2) is 0 Å². The van der Waals surface area contributed by atoms with Gasteiger partial charge in [-0.15, -0.1) is 0 Å². The maximum absolute atomic E-state index is 13.0. The van der Waals surface area contributed by atoms with E-state index in [4.69, 9.17) is 11.6 Å². The van der Waals surface area contributed by atoms with Crippen LogP contribution in [0, 0.1) is 10.1 Å². The molecule has 3 aromatic carbocycles. The molecule has 0 unspecified atom stereocenters. The first kappa shape index (κ1) is 23.2. The minimum absolute atomic E-state index is 0.0779. The van der Waals surface area contributed by atoms with Crippen molar-refractivity contribution in [3.63, 3.8) is 0 Å². The summed E-state index contributed by atoms with van der Waals surface area (Å²) in [6.07, 6.45) is 1.90. The summed E-state index contributed by atoms with van der Waals surface area (Å²) in [6, 6.07) is 21.4. The predicted octanol–water partition coefficient (Wildman–Crippen LogP) is 5.67. The lowest BCUT2D eigenvalue weighted by Crippen LogP contribution is -2.12. The highest BCUT2D eigenvalue weighted by Gasteiger charge is 2.30. The largest absolute Gasteiger partial charge is 0.354 e. The highest BCUT2D eigenvalue weighted by Crippen LogP contribution is 2.39. The summed E-state index contributed by atoms with van der Waals surface area (Å²) in [6.45, 7) is 0.645. The molecule has 0 aromatic heterocycles. The van der Waals surface area contributed by atoms with Crippen molar-refractivity contribution >= 4 is 51.9 Å². The number of halogens is 1. The van der Waals surface area contributed by atoms with Crippen molar-refractivity contribution in [1.29, 1.82) is 0 Å². The van der Waals surface area contributed by atoms with Crippen molar-refractivity contribution in [3.05, 3.63) is 105 Å². The van der Waals surface area contributed by atoms with Crippen LogP contribution in [0.4, 0.5) is 17.1 Å². The second kappa shape index (κ2) is 9.91. The van der Waals surface area contributed by atoms with Gasteiger partial charge in [0.05, 0.1) is 16.2 Å². The highest BCUT2D eigenvalue weighted by molar-refractivity contribution is 6.37. The van der Waals surface area contributed by atoms with Crippen molar-refractivity contribution in [1.82, 2.24) is 4.90 Å². The van der Waals surface area contributed by atoms with E-state index in [1.165, 1.54) is 12.1 Å². The van der Waals surface area contributed by atoms with Gasteiger partial charge in [-0.2, -0.15) is 0 Å². The summed E-state index contributed by atoms with van der Waals surface area (Å²) in [4.78, 5) is 25.8. The molecule has 0 radical (unpaired) electrons. The lowest BCUT2D eigenvalue weighted by Gasteiger charge is -2.15. The number of fused-ring (bicyclic) bond motifs is 1. The van der Waals surface area contributed by atoms with Crippen LogP contribution in [0.1, 0.15) is 16.7 Å². The van der Waals surface area contributed by atoms with Gasteiger partial charge in [-0.05, 0) is 49.5 Å². The third kappa shape index (κ3) is 5.17. The maximum Gasteiger partial charge on any atom is 0.270 e. The van der Waals surface area contributed by atoms with Crippen LogP contribution in [0.2, 0.25) is 0 Å². The fourth-order valence-electron chi connectivity index (χ4n) is 3.74. The number of nitrogens with one attached hydrogen (secondary N) is 2. The van der Waals surface area contributed by atoms with E-state index in [0.29, 0.717) is 29.1 Å². The molecule has 1 heterocycles. The van der Waals surface area contributed by atoms with Gasteiger partial charge in [0.1, 0.15) is 0 Å². The second-order valence-corrected chi connectivity index (χ2v) is 8.62. The second-order valence-electron chi connectivity index (χ2n) is 8.13. The number of amides is 1. The normalized spacial score (nSPS) is 14.6. The minimum atomic E-state index is -0.468. The Morgan fingerprint density at radius 2 is 1.79 bits per heavy atom. The highest BCUT2D eigenvalue weighted by atomic mass is 35.5. The molecule has 0 spiro atoms. The summed E-state index contributed by atoms with van der Waals surface area (Å²) < 4.78 is 0. The number of carbonyl (C=O) groups is 1. The SMILES string of the molecule is CN(C)C/C(Cl)=C/c1ccc(N/C(=C2\C(=O)Nc3ccc([N+](=O)[O-])cc32)c2ccccc2)cc1. The number of hydrogen-bond donors (Lipinski definition) is 2. The number of hydrogen-bond acceptors (Lipinski definition) is 5. The van der Waals surface area contributed by atoms with Gasteiger partial charge in [0.2, 0.25) is 0 Å². The number of likely N-dealkylation sites (N-methyl/N-ethyl adjacent to an activating group) is 1. The van der Waals surface area contributed by atoms with E-state index in [2.05, 4.69) is 10.6 Å². The van der Waals surface area contributed by atoms with Crippen LogP contribution in [0.25, 0.3) is 17.3 Å². The fourth-order valence-corrected chi connectivity index (χ4v) is 4.10. The topological polar surface area (TPSA) is 87.5 Å². The summed E-state index contributed by atoms with van der Waals surface area (Å²) in [5, 5.41) is 18.2. The van der Waals surface area contributed by atoms with E-state index >= 15 is 0 Å². The molecule has 4 rings (SSSR count). The molecule has 0 saturated carbocycles. The van der Waals surface area contributed by atoms with Gasteiger partial charge < -0.3 is 15.5 Å². The molecule has 0 fully saturated rings. The van der Waals surface area contributed by atoms with Crippen LogP contribution in [-0.4, -0.2) is 36.4 Å². The van der Waals surface area contributed by atoms with Gasteiger partial charge in [-0.3, -0.25) is 14.9 Å². The fraction of sp³-hybridized carbons (Fsp3) is 0.115. The minimum Gasteiger partial charge on any atom is -0.354 e. The molecule has 3 aromatic rings. The number of anilines is 2. The lowest BCUT2D eigenvalue weighted by molar-refractivity contribution is -0.384. The van der Waals surface area contributed by atoms with Crippen molar-refractivity contribution in [3.8, 4) is 0 Å². The Labute approximate surface area is 202 Å². The molecule has 7 nitrogen and oxygen atoms in total. The average Bonchev–Trinajstić information content (AvgIpc) is 3.13. The molecular formula is C26H23ClN4O3. The van der Waals surface area contributed by atoms with Crippen molar-refractivity contribution < 1.29 is 9.72 Å². The number of carbonyl (C=O) groups excluding carboxylic acids is 1. The van der Waals surface area contributed by atoms with Crippen LogP contribution in [0.5, 0.6) is 0 Å². The predicted molar refractivity (Wildman–Crippen MR) is 137 cm³/mol. The third-order valence-corrected chi connectivity index (χ3v) is 5.47. The zero-order chi connectivity index (χ0) is 24.2. The van der Waals surface area contributed by atoms with Gasteiger partial charge in [0.15, 0.2) is 0 Å². The summed E-state index contributed by atoms with van der Waals surface area (Å²) in [7, 11) is 3.90. The van der Waals surface area contributed by atoms with E-state index in [-0.39, 0.29) is 11.6 Å².